The highest BCUT2D eigenvalue weighted by atomic mass is 19.3. The number of alkyl halides is 2. The Bertz CT molecular complexity index is 683. The predicted molar refractivity (Wildman–Crippen MR) is 90.5 cm³/mol. The summed E-state index contributed by atoms with van der Waals surface area (Å²) in [6.07, 6.45) is 0.857. The molecule has 1 amide bonds. The number of nitrogens with one attached hydrogen (secondary N) is 2. The molecule has 2 N–H and O–H groups in total. The number of likely N-dealkylation sites (tertiary alicyclic amines) is 1. The molecule has 0 saturated carbocycles. The second-order valence-corrected chi connectivity index (χ2v) is 6.24. The van der Waals surface area contributed by atoms with Crippen molar-refractivity contribution >= 4 is 5.91 Å². The molecule has 7 heteroatoms. The van der Waals surface area contributed by atoms with Crippen molar-refractivity contribution in [2.75, 3.05) is 19.6 Å². The van der Waals surface area contributed by atoms with Crippen molar-refractivity contribution in [2.45, 2.75) is 31.7 Å². The van der Waals surface area contributed by atoms with Gasteiger partial charge >= 0.3 is 0 Å². The van der Waals surface area contributed by atoms with E-state index >= 15 is 0 Å². The minimum absolute atomic E-state index is 0.0132. The molecule has 1 aromatic carbocycles. The normalized spacial score (nSPS) is 16.8. The van der Waals surface area contributed by atoms with E-state index < -0.39 is 12.3 Å². The van der Waals surface area contributed by atoms with Crippen molar-refractivity contribution in [1.29, 1.82) is 0 Å². The number of H-pyrrole nitrogens is 1. The molecular weight excluding hydrogens is 326 g/mol. The van der Waals surface area contributed by atoms with Gasteiger partial charge in [-0.05, 0) is 37.6 Å². The van der Waals surface area contributed by atoms with Crippen molar-refractivity contribution in [3.63, 3.8) is 0 Å². The number of benzene rings is 1. The summed E-state index contributed by atoms with van der Waals surface area (Å²) in [4.78, 5) is 14.6. The van der Waals surface area contributed by atoms with Crippen molar-refractivity contribution in [1.82, 2.24) is 20.4 Å². The molecule has 1 saturated heterocycles. The van der Waals surface area contributed by atoms with Crippen molar-refractivity contribution in [2.24, 2.45) is 0 Å². The molecule has 1 atom stereocenters. The lowest BCUT2D eigenvalue weighted by molar-refractivity contribution is 0.0919. The SMILES string of the molecule is O=C(NC[C@@H](c1ccccc1)N1CCCCC1)c1cc(C(F)F)[nH]n1. The smallest absolute Gasteiger partial charge is 0.279 e. The van der Waals surface area contributed by atoms with Gasteiger partial charge in [0, 0.05) is 6.54 Å². The second kappa shape index (κ2) is 8.20. The molecule has 2 heterocycles. The summed E-state index contributed by atoms with van der Waals surface area (Å²) in [5.41, 5.74) is 0.779. The lowest BCUT2D eigenvalue weighted by atomic mass is 10.0. The number of amides is 1. The van der Waals surface area contributed by atoms with Crippen LogP contribution in [0.2, 0.25) is 0 Å². The fourth-order valence-electron chi connectivity index (χ4n) is 3.21. The van der Waals surface area contributed by atoms with E-state index in [0.29, 0.717) is 6.54 Å². The summed E-state index contributed by atoms with van der Waals surface area (Å²) in [6.45, 7) is 2.40. The van der Waals surface area contributed by atoms with E-state index in [4.69, 9.17) is 0 Å². The predicted octanol–water partition coefficient (Wildman–Crippen LogP) is 3.30. The van der Waals surface area contributed by atoms with Crippen LogP contribution in [0, 0.1) is 0 Å². The molecule has 1 aromatic heterocycles. The standard InChI is InChI=1S/C18H22F2N4O/c19-17(20)14-11-15(23-22-14)18(25)21-12-16(13-7-3-1-4-8-13)24-9-5-2-6-10-24/h1,3-4,7-8,11,16-17H,2,5-6,9-10,12H2,(H,21,25)(H,22,23)/t16-/m0/s1. The van der Waals surface area contributed by atoms with Crippen LogP contribution in [-0.4, -0.2) is 40.6 Å². The highest BCUT2D eigenvalue weighted by molar-refractivity contribution is 5.92. The first-order chi connectivity index (χ1) is 12.1. The average molecular weight is 348 g/mol. The monoisotopic (exact) mass is 348 g/mol. The van der Waals surface area contributed by atoms with Crippen LogP contribution in [0.5, 0.6) is 0 Å². The van der Waals surface area contributed by atoms with Crippen molar-refractivity contribution in [3.05, 3.63) is 53.3 Å². The fraction of sp³-hybridized carbons (Fsp3) is 0.444. The topological polar surface area (TPSA) is 61.0 Å². The molecular formula is C18H22F2N4O. The van der Waals surface area contributed by atoms with Gasteiger partial charge in [-0.15, -0.1) is 0 Å². The summed E-state index contributed by atoms with van der Waals surface area (Å²) in [5, 5.41) is 8.71. The molecule has 0 radical (unpaired) electrons. The third-order valence-corrected chi connectivity index (χ3v) is 4.54. The largest absolute Gasteiger partial charge is 0.349 e. The van der Waals surface area contributed by atoms with Crippen LogP contribution in [0.25, 0.3) is 0 Å². The van der Waals surface area contributed by atoms with E-state index in [-0.39, 0.29) is 17.4 Å². The van der Waals surface area contributed by atoms with Crippen LogP contribution in [0.3, 0.4) is 0 Å². The summed E-state index contributed by atoms with van der Waals surface area (Å²) in [7, 11) is 0. The zero-order chi connectivity index (χ0) is 17.6. The van der Waals surface area contributed by atoms with Gasteiger partial charge in [0.15, 0.2) is 0 Å². The maximum absolute atomic E-state index is 12.6. The van der Waals surface area contributed by atoms with Gasteiger partial charge in [0.2, 0.25) is 0 Å². The molecule has 5 nitrogen and oxygen atoms in total. The molecule has 1 aliphatic rings. The zero-order valence-electron chi connectivity index (χ0n) is 13.9. The molecule has 0 aliphatic carbocycles. The first-order valence-electron chi connectivity index (χ1n) is 8.56. The summed E-state index contributed by atoms with van der Waals surface area (Å²) in [5.74, 6) is -0.443. The Morgan fingerprint density at radius 2 is 1.92 bits per heavy atom. The number of halogens is 2. The quantitative estimate of drug-likeness (QED) is 0.842. The molecule has 1 aliphatic heterocycles. The molecule has 25 heavy (non-hydrogen) atoms. The molecule has 0 unspecified atom stereocenters. The molecule has 3 rings (SSSR count). The minimum atomic E-state index is -2.67. The molecule has 2 aromatic rings. The Balaban J connectivity index is 1.68. The lowest BCUT2D eigenvalue weighted by Crippen LogP contribution is -2.40. The van der Waals surface area contributed by atoms with E-state index in [1.165, 1.54) is 6.42 Å². The van der Waals surface area contributed by atoms with Crippen LogP contribution in [-0.2, 0) is 0 Å². The molecule has 0 bridgehead atoms. The molecule has 0 spiro atoms. The van der Waals surface area contributed by atoms with Gasteiger partial charge in [0.1, 0.15) is 11.4 Å². The van der Waals surface area contributed by atoms with Gasteiger partial charge in [0.25, 0.3) is 12.3 Å². The van der Waals surface area contributed by atoms with Gasteiger partial charge in [-0.3, -0.25) is 14.8 Å². The minimum Gasteiger partial charge on any atom is -0.349 e. The van der Waals surface area contributed by atoms with Gasteiger partial charge < -0.3 is 5.32 Å². The van der Waals surface area contributed by atoms with Crippen LogP contribution < -0.4 is 5.32 Å². The van der Waals surface area contributed by atoms with Gasteiger partial charge in [-0.25, -0.2) is 8.78 Å². The Labute approximate surface area is 145 Å². The van der Waals surface area contributed by atoms with E-state index in [0.717, 1.165) is 37.6 Å². The highest BCUT2D eigenvalue weighted by Gasteiger charge is 2.23. The fourth-order valence-corrected chi connectivity index (χ4v) is 3.21. The van der Waals surface area contributed by atoms with Crippen LogP contribution in [0.1, 0.15) is 53.5 Å². The Hall–Kier alpha value is -2.28. The number of carbonyl (C=O) groups is 1. The van der Waals surface area contributed by atoms with E-state index in [9.17, 15) is 13.6 Å². The number of hydrogen-bond donors (Lipinski definition) is 2. The van der Waals surface area contributed by atoms with Gasteiger partial charge in [0.05, 0.1) is 6.04 Å². The zero-order valence-corrected chi connectivity index (χ0v) is 13.9. The maximum atomic E-state index is 12.6. The van der Waals surface area contributed by atoms with E-state index in [2.05, 4.69) is 32.5 Å². The number of aromatic nitrogens is 2. The number of piperidine rings is 1. The summed E-state index contributed by atoms with van der Waals surface area (Å²) < 4.78 is 25.2. The maximum Gasteiger partial charge on any atom is 0.279 e. The number of hydrogen-bond acceptors (Lipinski definition) is 3. The second-order valence-electron chi connectivity index (χ2n) is 6.24. The van der Waals surface area contributed by atoms with Crippen LogP contribution in [0.4, 0.5) is 8.78 Å². The number of aromatic amines is 1. The Kier molecular flexibility index (Phi) is 5.75. The summed E-state index contributed by atoms with van der Waals surface area (Å²) in [6, 6.07) is 11.2. The average Bonchev–Trinajstić information content (AvgIpc) is 3.14. The van der Waals surface area contributed by atoms with E-state index in [1.807, 2.05) is 18.2 Å². The third kappa shape index (κ3) is 4.42. The van der Waals surface area contributed by atoms with Crippen LogP contribution in [0.15, 0.2) is 36.4 Å². The highest BCUT2D eigenvalue weighted by Crippen LogP contribution is 2.24. The summed E-state index contributed by atoms with van der Waals surface area (Å²) >= 11 is 0. The number of nitrogens with zero attached hydrogens (tertiary/aromatic N) is 2. The Morgan fingerprint density at radius 1 is 1.20 bits per heavy atom. The Morgan fingerprint density at radius 3 is 2.56 bits per heavy atom. The van der Waals surface area contributed by atoms with E-state index in [1.54, 1.807) is 0 Å². The van der Waals surface area contributed by atoms with Gasteiger partial charge in [-0.2, -0.15) is 5.10 Å². The van der Waals surface area contributed by atoms with Crippen LogP contribution >= 0.6 is 0 Å². The van der Waals surface area contributed by atoms with Gasteiger partial charge in [-0.1, -0.05) is 36.8 Å². The molecule has 134 valence electrons. The number of carbonyl (C=O) groups excluding carboxylic acids is 1. The first kappa shape index (κ1) is 17.5. The lowest BCUT2D eigenvalue weighted by Gasteiger charge is -2.35. The third-order valence-electron chi connectivity index (χ3n) is 4.54. The number of rotatable bonds is 6. The van der Waals surface area contributed by atoms with Crippen molar-refractivity contribution < 1.29 is 13.6 Å². The molecule has 1 fully saturated rings. The first-order valence-corrected chi connectivity index (χ1v) is 8.56. The van der Waals surface area contributed by atoms with Crippen molar-refractivity contribution in [3.8, 4) is 0 Å².